The average Bonchev–Trinajstić information content (AvgIpc) is 3.15. The molecule has 1 amide bonds. The normalized spacial score (nSPS) is 10.7. The summed E-state index contributed by atoms with van der Waals surface area (Å²) in [7, 11) is 1.63. The maximum absolute atomic E-state index is 12.8. The Hall–Kier alpha value is -2.92. The molecule has 0 saturated heterocycles. The van der Waals surface area contributed by atoms with Gasteiger partial charge < -0.3 is 14.1 Å². The van der Waals surface area contributed by atoms with E-state index in [2.05, 4.69) is 4.98 Å². The lowest BCUT2D eigenvalue weighted by Gasteiger charge is -2.22. The number of ether oxygens (including phenoxy) is 1. The van der Waals surface area contributed by atoms with Crippen LogP contribution in [0.5, 0.6) is 0 Å². The fourth-order valence-electron chi connectivity index (χ4n) is 2.67. The second kappa shape index (κ2) is 8.97. The zero-order chi connectivity index (χ0) is 18.2. The summed E-state index contributed by atoms with van der Waals surface area (Å²) < 4.78 is 10.7. The van der Waals surface area contributed by atoms with Crippen molar-refractivity contribution < 1.29 is 13.9 Å². The summed E-state index contributed by atoms with van der Waals surface area (Å²) in [5, 5.41) is 0. The molecular formula is C21H22N2O3. The summed E-state index contributed by atoms with van der Waals surface area (Å²) in [5.41, 5.74) is 2.61. The summed E-state index contributed by atoms with van der Waals surface area (Å²) in [6, 6.07) is 19.6. The van der Waals surface area contributed by atoms with Gasteiger partial charge in [-0.3, -0.25) is 4.79 Å². The maximum atomic E-state index is 12.8. The SMILES string of the molecule is COCCN(Cc1ccccc1)C(=O)Cc1coc(-c2ccccc2)n1. The summed E-state index contributed by atoms with van der Waals surface area (Å²) in [5.74, 6) is 0.527. The molecule has 0 spiro atoms. The summed E-state index contributed by atoms with van der Waals surface area (Å²) in [6.07, 6.45) is 1.75. The van der Waals surface area contributed by atoms with Crippen molar-refractivity contribution in [3.63, 3.8) is 0 Å². The molecule has 0 atom stereocenters. The Kier molecular flexibility index (Phi) is 6.17. The topological polar surface area (TPSA) is 55.6 Å². The minimum absolute atomic E-state index is 0.00110. The molecule has 5 heteroatoms. The Morgan fingerprint density at radius 1 is 1.08 bits per heavy atom. The van der Waals surface area contributed by atoms with Gasteiger partial charge >= 0.3 is 0 Å². The quantitative estimate of drug-likeness (QED) is 0.623. The number of carbonyl (C=O) groups excluding carboxylic acids is 1. The lowest BCUT2D eigenvalue weighted by Crippen LogP contribution is -2.34. The van der Waals surface area contributed by atoms with Crippen molar-refractivity contribution >= 4 is 5.91 Å². The number of aromatic nitrogens is 1. The molecule has 0 saturated carbocycles. The van der Waals surface area contributed by atoms with Gasteiger partial charge in [-0.05, 0) is 17.7 Å². The van der Waals surface area contributed by atoms with Gasteiger partial charge in [-0.25, -0.2) is 4.98 Å². The van der Waals surface area contributed by atoms with Gasteiger partial charge in [0.2, 0.25) is 11.8 Å². The van der Waals surface area contributed by atoms with Crippen molar-refractivity contribution in [1.29, 1.82) is 0 Å². The molecule has 0 aliphatic heterocycles. The second-order valence-electron chi connectivity index (χ2n) is 5.98. The van der Waals surface area contributed by atoms with Gasteiger partial charge in [-0.15, -0.1) is 0 Å². The van der Waals surface area contributed by atoms with E-state index in [1.54, 1.807) is 18.3 Å². The van der Waals surface area contributed by atoms with Crippen molar-refractivity contribution in [2.75, 3.05) is 20.3 Å². The van der Waals surface area contributed by atoms with E-state index in [9.17, 15) is 4.79 Å². The van der Waals surface area contributed by atoms with E-state index < -0.39 is 0 Å². The largest absolute Gasteiger partial charge is 0.444 e. The fourth-order valence-corrected chi connectivity index (χ4v) is 2.67. The highest BCUT2D eigenvalue weighted by Gasteiger charge is 2.17. The molecule has 0 unspecified atom stereocenters. The number of nitrogens with zero attached hydrogens (tertiary/aromatic N) is 2. The lowest BCUT2D eigenvalue weighted by atomic mass is 10.2. The molecule has 3 rings (SSSR count). The zero-order valence-electron chi connectivity index (χ0n) is 14.8. The maximum Gasteiger partial charge on any atom is 0.229 e. The number of amides is 1. The average molecular weight is 350 g/mol. The molecule has 0 bridgehead atoms. The first-order valence-corrected chi connectivity index (χ1v) is 8.56. The first-order valence-electron chi connectivity index (χ1n) is 8.56. The first-order chi connectivity index (χ1) is 12.8. The molecule has 3 aromatic rings. The van der Waals surface area contributed by atoms with Gasteiger partial charge in [0.25, 0.3) is 0 Å². The fraction of sp³-hybridized carbons (Fsp3) is 0.238. The van der Waals surface area contributed by atoms with E-state index in [0.29, 0.717) is 31.3 Å². The highest BCUT2D eigenvalue weighted by Crippen LogP contribution is 2.18. The van der Waals surface area contributed by atoms with Crippen LogP contribution < -0.4 is 0 Å². The van der Waals surface area contributed by atoms with Crippen LogP contribution in [-0.4, -0.2) is 36.1 Å². The number of hydrogen-bond donors (Lipinski definition) is 0. The molecule has 1 heterocycles. The molecule has 5 nitrogen and oxygen atoms in total. The summed E-state index contributed by atoms with van der Waals surface area (Å²) in [4.78, 5) is 19.0. The van der Waals surface area contributed by atoms with Crippen LogP contribution in [0.4, 0.5) is 0 Å². The van der Waals surface area contributed by atoms with Crippen LogP contribution in [0.25, 0.3) is 11.5 Å². The van der Waals surface area contributed by atoms with Crippen LogP contribution >= 0.6 is 0 Å². The molecule has 1 aromatic heterocycles. The van der Waals surface area contributed by atoms with Crippen molar-refractivity contribution in [3.8, 4) is 11.5 Å². The number of benzene rings is 2. The molecule has 0 fully saturated rings. The van der Waals surface area contributed by atoms with Crippen LogP contribution in [0.1, 0.15) is 11.3 Å². The van der Waals surface area contributed by atoms with Crippen molar-refractivity contribution in [1.82, 2.24) is 9.88 Å². The van der Waals surface area contributed by atoms with E-state index in [0.717, 1.165) is 11.1 Å². The highest BCUT2D eigenvalue weighted by molar-refractivity contribution is 5.78. The van der Waals surface area contributed by atoms with Crippen LogP contribution in [0.3, 0.4) is 0 Å². The predicted octanol–water partition coefficient (Wildman–Crippen LogP) is 3.56. The van der Waals surface area contributed by atoms with Gasteiger partial charge in [0.15, 0.2) is 0 Å². The summed E-state index contributed by atoms with van der Waals surface area (Å²) in [6.45, 7) is 1.58. The highest BCUT2D eigenvalue weighted by atomic mass is 16.5. The molecular weight excluding hydrogens is 328 g/mol. The van der Waals surface area contributed by atoms with Crippen molar-refractivity contribution in [2.24, 2.45) is 0 Å². The number of rotatable bonds is 8. The monoisotopic (exact) mass is 350 g/mol. The molecule has 26 heavy (non-hydrogen) atoms. The lowest BCUT2D eigenvalue weighted by molar-refractivity contribution is -0.131. The van der Waals surface area contributed by atoms with Gasteiger partial charge in [0.05, 0.1) is 18.7 Å². The molecule has 2 aromatic carbocycles. The van der Waals surface area contributed by atoms with E-state index in [1.165, 1.54) is 0 Å². The van der Waals surface area contributed by atoms with Gasteiger partial charge in [-0.2, -0.15) is 0 Å². The minimum Gasteiger partial charge on any atom is -0.444 e. The Balaban J connectivity index is 1.68. The second-order valence-corrected chi connectivity index (χ2v) is 5.98. The van der Waals surface area contributed by atoms with Crippen molar-refractivity contribution in [3.05, 3.63) is 78.2 Å². The molecule has 0 radical (unpaired) electrons. The number of oxazole rings is 1. The first kappa shape index (κ1) is 17.9. The van der Waals surface area contributed by atoms with Gasteiger partial charge in [-0.1, -0.05) is 48.5 Å². The third kappa shape index (κ3) is 4.80. The van der Waals surface area contributed by atoms with Crippen LogP contribution in [0.2, 0.25) is 0 Å². The van der Waals surface area contributed by atoms with E-state index in [-0.39, 0.29) is 12.3 Å². The Bertz CT molecular complexity index is 816. The third-order valence-corrected chi connectivity index (χ3v) is 4.04. The number of hydrogen-bond acceptors (Lipinski definition) is 4. The van der Waals surface area contributed by atoms with Gasteiger partial charge in [0, 0.05) is 25.8 Å². The molecule has 0 aliphatic carbocycles. The standard InChI is InChI=1S/C21H22N2O3/c1-25-13-12-23(15-17-8-4-2-5-9-17)20(24)14-19-16-26-21(22-19)18-10-6-3-7-11-18/h2-11,16H,12-15H2,1H3. The molecule has 0 N–H and O–H groups in total. The predicted molar refractivity (Wildman–Crippen MR) is 99.4 cm³/mol. The summed E-state index contributed by atoms with van der Waals surface area (Å²) >= 11 is 0. The molecule has 0 aliphatic rings. The smallest absolute Gasteiger partial charge is 0.229 e. The zero-order valence-corrected chi connectivity index (χ0v) is 14.8. The Morgan fingerprint density at radius 3 is 2.46 bits per heavy atom. The Morgan fingerprint density at radius 2 is 1.77 bits per heavy atom. The number of carbonyl (C=O) groups is 1. The van der Waals surface area contributed by atoms with Crippen LogP contribution in [0, 0.1) is 0 Å². The Labute approximate surface area is 153 Å². The van der Waals surface area contributed by atoms with Gasteiger partial charge in [0.1, 0.15) is 6.26 Å². The minimum atomic E-state index is -0.00110. The van der Waals surface area contributed by atoms with E-state index >= 15 is 0 Å². The van der Waals surface area contributed by atoms with Crippen molar-refractivity contribution in [2.45, 2.75) is 13.0 Å². The van der Waals surface area contributed by atoms with E-state index in [1.807, 2.05) is 60.7 Å². The third-order valence-electron chi connectivity index (χ3n) is 4.04. The van der Waals surface area contributed by atoms with Crippen LogP contribution in [-0.2, 0) is 22.5 Å². The van der Waals surface area contributed by atoms with Crippen LogP contribution in [0.15, 0.2) is 71.3 Å². The van der Waals surface area contributed by atoms with E-state index in [4.69, 9.17) is 9.15 Å². The number of methoxy groups -OCH3 is 1. The molecule has 134 valence electrons.